The molecule has 0 aliphatic heterocycles. The lowest BCUT2D eigenvalue weighted by atomic mass is 9.74. The van der Waals surface area contributed by atoms with Gasteiger partial charge in [-0.05, 0) is 43.6 Å². The van der Waals surface area contributed by atoms with Gasteiger partial charge in [0, 0.05) is 17.6 Å². The number of allylic oxidation sites excluding steroid dienone is 1. The van der Waals surface area contributed by atoms with E-state index in [9.17, 15) is 24.3 Å². The fraction of sp³-hybridized carbons (Fsp3) is 0.556. The maximum Gasteiger partial charge on any atom is 0.330 e. The van der Waals surface area contributed by atoms with E-state index in [1.165, 1.54) is 29.2 Å². The lowest BCUT2D eigenvalue weighted by molar-refractivity contribution is -0.859. The van der Waals surface area contributed by atoms with Crippen LogP contribution < -0.4 is 10.0 Å². The predicted molar refractivity (Wildman–Crippen MR) is 143 cm³/mol. The first-order valence-electron chi connectivity index (χ1n) is 13.2. The monoisotopic (exact) mass is 619 g/mol. The first-order valence-corrected chi connectivity index (χ1v) is 13.2. The summed E-state index contributed by atoms with van der Waals surface area (Å²) in [6.45, 7) is 0.0713. The molecule has 0 spiro atoms. The van der Waals surface area contributed by atoms with Crippen LogP contribution in [-0.4, -0.2) is 108 Å². The van der Waals surface area contributed by atoms with Crippen LogP contribution in [0.5, 0.6) is 0 Å². The number of aliphatic carboxylic acids is 2. The third-order valence-electron chi connectivity index (χ3n) is 5.31. The zero-order chi connectivity index (χ0) is 32.2. The van der Waals surface area contributed by atoms with Gasteiger partial charge in [0.2, 0.25) is 0 Å². The van der Waals surface area contributed by atoms with E-state index in [2.05, 4.69) is 4.89 Å². The molecular weight excluding hydrogens is 578 g/mol. The Labute approximate surface area is 249 Å². The normalized spacial score (nSPS) is 13.5. The summed E-state index contributed by atoms with van der Waals surface area (Å²) in [4.78, 5) is 81.7. The molecule has 0 fully saturated rings. The summed E-state index contributed by atoms with van der Waals surface area (Å²) < 4.78 is 5.18. The number of quaternary nitrogens is 1. The van der Waals surface area contributed by atoms with Gasteiger partial charge in [-0.25, -0.2) is 43.8 Å². The van der Waals surface area contributed by atoms with Gasteiger partial charge in [-0.1, -0.05) is 12.2 Å². The van der Waals surface area contributed by atoms with Gasteiger partial charge in [0.1, 0.15) is 39.6 Å². The number of carbonyl (C=O) groups excluding carboxylic acids is 3. The van der Waals surface area contributed by atoms with E-state index >= 15 is 0 Å². The highest BCUT2D eigenvalue weighted by Gasteiger charge is 2.36. The third kappa shape index (κ3) is 23.9. The molecule has 0 aromatic carbocycles. The lowest BCUT2D eigenvalue weighted by Gasteiger charge is -2.31. The molecule has 0 saturated heterocycles. The zero-order valence-corrected chi connectivity index (χ0v) is 24.3. The molecule has 0 aliphatic carbocycles. The zero-order valence-electron chi connectivity index (χ0n) is 24.3. The van der Waals surface area contributed by atoms with Crippen LogP contribution in [0.15, 0.2) is 48.6 Å². The fourth-order valence-corrected chi connectivity index (χ4v) is 3.11. The highest BCUT2D eigenvalue weighted by molar-refractivity contribution is 5.94. The minimum absolute atomic E-state index is 0.0167. The van der Waals surface area contributed by atoms with Crippen molar-refractivity contribution in [3.63, 3.8) is 0 Å². The number of carboxylic acid groups (broad SMARTS) is 2. The van der Waals surface area contributed by atoms with Crippen molar-refractivity contribution in [1.82, 2.24) is 0 Å². The van der Waals surface area contributed by atoms with Crippen LogP contribution in [0.4, 0.5) is 0 Å². The van der Waals surface area contributed by atoms with Gasteiger partial charge < -0.3 is 24.6 Å². The topological polar surface area (TPSA) is 210 Å². The van der Waals surface area contributed by atoms with Crippen LogP contribution >= 0.6 is 0 Å². The Bertz CT molecular complexity index is 880. The number of ether oxygens (including phenoxy) is 1. The molecule has 0 bridgehead atoms. The molecule has 3 N–H and O–H groups in total. The standard InChI is InChI=1S/C27H41NO15/c1-28(2)14-22-43-40-16-3-7-23(29)27(11-19-36-26(34)10-6-15-37-35,12-20-41-38-17-4-8-24(30)31)13-21-42-39-18-5-9-25(32)33/h3-10,35H,11-22H2,1-2H3,(H,30,31)(H,32,33)/b7-3-,8-4+,9-5+,10-6+. The predicted octanol–water partition coefficient (Wildman–Crippen LogP) is -1.21. The number of ketones is 1. The second kappa shape index (κ2) is 26.3. The molecule has 0 amide bonds. The second-order valence-corrected chi connectivity index (χ2v) is 8.90. The van der Waals surface area contributed by atoms with E-state index in [0.29, 0.717) is 13.2 Å². The number of nitrogens with one attached hydrogen (secondary N) is 1. The molecule has 0 radical (unpaired) electrons. The third-order valence-corrected chi connectivity index (χ3v) is 5.31. The van der Waals surface area contributed by atoms with Crippen LogP contribution in [0, 0.1) is 5.41 Å². The Morgan fingerprint density at radius 3 is 1.74 bits per heavy atom. The molecule has 0 rings (SSSR count). The molecule has 1 atom stereocenters. The molecule has 16 heteroatoms. The Morgan fingerprint density at radius 2 is 1.21 bits per heavy atom. The van der Waals surface area contributed by atoms with Crippen molar-refractivity contribution in [2.75, 3.05) is 73.5 Å². The Morgan fingerprint density at radius 1 is 0.698 bits per heavy atom. The van der Waals surface area contributed by atoms with E-state index in [0.717, 1.165) is 24.3 Å². The second-order valence-electron chi connectivity index (χ2n) is 8.90. The Kier molecular flexibility index (Phi) is 24.3. The number of carbonyl (C=O) groups is 4. The van der Waals surface area contributed by atoms with Gasteiger partial charge in [0.25, 0.3) is 0 Å². The number of hydrogen-bond donors (Lipinski definition) is 3. The summed E-state index contributed by atoms with van der Waals surface area (Å²) in [5, 5.41) is 27.4. The molecular formula is C27H41NO15. The van der Waals surface area contributed by atoms with Gasteiger partial charge in [0.15, 0.2) is 5.78 Å². The minimum atomic E-state index is -1.40. The molecule has 43 heavy (non-hydrogen) atoms. The number of rotatable bonds is 28. The molecule has 0 heterocycles. The average molecular weight is 620 g/mol. The summed E-state index contributed by atoms with van der Waals surface area (Å²) in [7, 11) is 3.91. The van der Waals surface area contributed by atoms with Crippen molar-refractivity contribution in [1.29, 1.82) is 0 Å². The number of likely N-dealkylation sites (N-methyl/N-ethyl adjacent to an activating group) is 1. The van der Waals surface area contributed by atoms with E-state index in [4.69, 9.17) is 44.4 Å². The Hall–Kier alpha value is -3.32. The maximum absolute atomic E-state index is 13.5. The van der Waals surface area contributed by atoms with E-state index in [1.54, 1.807) is 0 Å². The highest BCUT2D eigenvalue weighted by atomic mass is 17.2. The first-order chi connectivity index (χ1) is 20.6. The number of carboxylic acids is 2. The van der Waals surface area contributed by atoms with Crippen LogP contribution in [-0.2, 0) is 58.1 Å². The SMILES string of the molecule is C[NH+](C)CCOOC/C=C\C(=O)C(CCOOC/C=C/C(=O)[O-])(CCOOC/C=C/C(=O)O)CCOC(=O)/C=C/COO. The van der Waals surface area contributed by atoms with Crippen LogP contribution in [0.2, 0.25) is 0 Å². The largest absolute Gasteiger partial charge is 0.545 e. The molecule has 0 aromatic rings. The summed E-state index contributed by atoms with van der Waals surface area (Å²) in [5.74, 6) is -3.67. The molecule has 0 aromatic heterocycles. The molecule has 16 nitrogen and oxygen atoms in total. The average Bonchev–Trinajstić information content (AvgIpc) is 2.94. The van der Waals surface area contributed by atoms with E-state index in [1.807, 2.05) is 14.1 Å². The van der Waals surface area contributed by atoms with Crippen LogP contribution in [0.1, 0.15) is 19.3 Å². The fourth-order valence-electron chi connectivity index (χ4n) is 3.11. The summed E-state index contributed by atoms with van der Waals surface area (Å²) in [5.41, 5.74) is -1.23. The van der Waals surface area contributed by atoms with Crippen molar-refractivity contribution in [3.8, 4) is 0 Å². The minimum Gasteiger partial charge on any atom is -0.545 e. The summed E-state index contributed by atoms with van der Waals surface area (Å²) in [6.07, 6.45) is 9.20. The summed E-state index contributed by atoms with van der Waals surface area (Å²) in [6, 6.07) is 0. The van der Waals surface area contributed by atoms with Gasteiger partial charge in [0.05, 0.1) is 39.9 Å². The summed E-state index contributed by atoms with van der Waals surface area (Å²) >= 11 is 0. The van der Waals surface area contributed by atoms with Crippen molar-refractivity contribution in [2.45, 2.75) is 19.3 Å². The number of hydrogen-bond acceptors (Lipinski definition) is 14. The van der Waals surface area contributed by atoms with E-state index in [-0.39, 0.29) is 71.3 Å². The van der Waals surface area contributed by atoms with Gasteiger partial charge >= 0.3 is 11.9 Å². The quantitative estimate of drug-likeness (QED) is 0.0309. The van der Waals surface area contributed by atoms with Crippen molar-refractivity contribution >= 4 is 23.7 Å². The Balaban J connectivity index is 5.49. The van der Waals surface area contributed by atoms with E-state index < -0.39 is 23.3 Å². The lowest BCUT2D eigenvalue weighted by Crippen LogP contribution is -3.06. The highest BCUT2D eigenvalue weighted by Crippen LogP contribution is 2.33. The molecule has 1 unspecified atom stereocenters. The molecule has 0 aliphatic rings. The maximum atomic E-state index is 13.5. The van der Waals surface area contributed by atoms with Crippen LogP contribution in [0.3, 0.4) is 0 Å². The van der Waals surface area contributed by atoms with Crippen LogP contribution in [0.25, 0.3) is 0 Å². The number of esters is 1. The van der Waals surface area contributed by atoms with Crippen molar-refractivity contribution in [3.05, 3.63) is 48.6 Å². The van der Waals surface area contributed by atoms with Gasteiger partial charge in [-0.2, -0.15) is 0 Å². The van der Waals surface area contributed by atoms with Gasteiger partial charge in [-0.15, -0.1) is 0 Å². The molecule has 244 valence electrons. The smallest absolute Gasteiger partial charge is 0.330 e. The van der Waals surface area contributed by atoms with Gasteiger partial charge in [-0.3, -0.25) is 10.1 Å². The first kappa shape index (κ1) is 39.7. The van der Waals surface area contributed by atoms with Crippen molar-refractivity contribution < 1.29 is 78.5 Å². The van der Waals surface area contributed by atoms with Crippen molar-refractivity contribution in [2.24, 2.45) is 5.41 Å². The molecule has 0 saturated carbocycles.